The highest BCUT2D eigenvalue weighted by molar-refractivity contribution is 5.89. The number of amides is 1. The summed E-state index contributed by atoms with van der Waals surface area (Å²) in [6.07, 6.45) is 11.5. The predicted molar refractivity (Wildman–Crippen MR) is 125 cm³/mol. The van der Waals surface area contributed by atoms with Crippen LogP contribution in [0, 0.1) is 28.6 Å². The molecule has 0 saturated heterocycles. The molecule has 7 atom stereocenters. The van der Waals surface area contributed by atoms with Gasteiger partial charge in [-0.3, -0.25) is 4.79 Å². The lowest BCUT2D eigenvalue weighted by atomic mass is 9.47. The lowest BCUT2D eigenvalue weighted by Gasteiger charge is -2.60. The maximum atomic E-state index is 12.3. The first-order chi connectivity index (χ1) is 15.3. The van der Waals surface area contributed by atoms with Gasteiger partial charge in [0.25, 0.3) is 0 Å². The van der Waals surface area contributed by atoms with Crippen LogP contribution >= 0.6 is 0 Å². The second-order valence-electron chi connectivity index (χ2n) is 11.3. The molecule has 1 amide bonds. The number of hydrogen-bond donors (Lipinski definition) is 1. The zero-order chi connectivity index (χ0) is 22.3. The third-order valence-electron chi connectivity index (χ3n) is 10.2. The monoisotopic (exact) mass is 433 g/mol. The van der Waals surface area contributed by atoms with Gasteiger partial charge in [0, 0.05) is 30.5 Å². The summed E-state index contributed by atoms with van der Waals surface area (Å²) in [6, 6.07) is 6.48. The molecule has 2 unspecified atom stereocenters. The number of hydrogen-bond acceptors (Lipinski definition) is 3. The normalized spacial score (nSPS) is 40.8. The van der Waals surface area contributed by atoms with Crippen molar-refractivity contribution in [1.82, 2.24) is 14.9 Å². The number of nitrogens with one attached hydrogen (secondary N) is 1. The number of rotatable bonds is 2. The minimum atomic E-state index is 0.112. The summed E-state index contributed by atoms with van der Waals surface area (Å²) in [5.74, 6) is 4.86. The van der Waals surface area contributed by atoms with E-state index in [1.807, 2.05) is 24.1 Å². The van der Waals surface area contributed by atoms with E-state index in [0.29, 0.717) is 23.3 Å². The van der Waals surface area contributed by atoms with Crippen LogP contribution in [0.5, 0.6) is 5.75 Å². The number of fused-ring (bicyclic) bond motifs is 6. The molecule has 0 radical (unpaired) electrons. The number of benzene rings is 1. The van der Waals surface area contributed by atoms with E-state index in [1.165, 1.54) is 37.9 Å². The highest BCUT2D eigenvalue weighted by Gasteiger charge is 2.60. The van der Waals surface area contributed by atoms with E-state index < -0.39 is 0 Å². The number of aromatic amines is 1. The Balaban J connectivity index is 1.32. The second kappa shape index (κ2) is 6.85. The van der Waals surface area contributed by atoms with Crippen molar-refractivity contribution in [2.24, 2.45) is 28.6 Å². The van der Waals surface area contributed by atoms with Gasteiger partial charge in [-0.25, -0.2) is 4.98 Å². The molecule has 1 aliphatic heterocycles. The van der Waals surface area contributed by atoms with E-state index in [4.69, 9.17) is 9.72 Å². The van der Waals surface area contributed by atoms with Gasteiger partial charge in [0.2, 0.25) is 5.91 Å². The van der Waals surface area contributed by atoms with Gasteiger partial charge in [0.1, 0.15) is 11.6 Å². The van der Waals surface area contributed by atoms with E-state index in [0.717, 1.165) is 35.0 Å². The molecule has 4 aliphatic rings. The summed E-state index contributed by atoms with van der Waals surface area (Å²) in [7, 11) is 3.72. The van der Waals surface area contributed by atoms with Gasteiger partial charge in [-0.2, -0.15) is 0 Å². The average molecular weight is 434 g/mol. The first kappa shape index (κ1) is 20.3. The quantitative estimate of drug-likeness (QED) is 0.700. The summed E-state index contributed by atoms with van der Waals surface area (Å²) in [5, 5.41) is 0. The smallest absolute Gasteiger partial charge is 0.246 e. The number of H-pyrrole nitrogens is 1. The Bertz CT molecular complexity index is 1110. The molecular formula is C27H35N3O2. The molecule has 2 heterocycles. The van der Waals surface area contributed by atoms with E-state index >= 15 is 0 Å². The first-order valence-electron chi connectivity index (χ1n) is 12.3. The fourth-order valence-corrected chi connectivity index (χ4v) is 8.49. The Labute approximate surface area is 190 Å². The van der Waals surface area contributed by atoms with Crippen molar-refractivity contribution in [2.45, 2.75) is 64.3 Å². The fraction of sp³-hybridized carbons (Fsp3) is 0.630. The lowest BCUT2D eigenvalue weighted by Crippen LogP contribution is -2.59. The van der Waals surface area contributed by atoms with Crippen LogP contribution in [-0.4, -0.2) is 41.0 Å². The van der Waals surface area contributed by atoms with Crippen molar-refractivity contribution in [2.75, 3.05) is 14.2 Å². The molecule has 5 heteroatoms. The zero-order valence-corrected chi connectivity index (χ0v) is 19.7. The van der Waals surface area contributed by atoms with Crippen LogP contribution in [0.3, 0.4) is 0 Å². The predicted octanol–water partition coefficient (Wildman–Crippen LogP) is 5.29. The zero-order valence-electron chi connectivity index (χ0n) is 19.7. The topological polar surface area (TPSA) is 58.2 Å². The molecule has 3 fully saturated rings. The molecule has 5 nitrogen and oxygen atoms in total. The average Bonchev–Trinajstić information content (AvgIpc) is 3.36. The van der Waals surface area contributed by atoms with Crippen LogP contribution < -0.4 is 4.74 Å². The third-order valence-corrected chi connectivity index (χ3v) is 10.2. The first-order valence-corrected chi connectivity index (χ1v) is 12.3. The minimum Gasteiger partial charge on any atom is -0.497 e. The van der Waals surface area contributed by atoms with Crippen LogP contribution in [0.1, 0.15) is 64.1 Å². The Morgan fingerprint density at radius 3 is 2.78 bits per heavy atom. The Kier molecular flexibility index (Phi) is 4.35. The number of aromatic nitrogens is 2. The molecule has 6 rings (SSSR count). The Morgan fingerprint density at radius 2 is 1.97 bits per heavy atom. The summed E-state index contributed by atoms with van der Waals surface area (Å²) in [4.78, 5) is 23.0. The van der Waals surface area contributed by atoms with Crippen LogP contribution in [-0.2, 0) is 4.79 Å². The molecule has 1 aromatic carbocycles. The van der Waals surface area contributed by atoms with E-state index in [1.54, 1.807) is 7.11 Å². The summed E-state index contributed by atoms with van der Waals surface area (Å²) in [6.45, 7) is 4.97. The van der Waals surface area contributed by atoms with Crippen molar-refractivity contribution in [3.8, 4) is 5.75 Å². The van der Waals surface area contributed by atoms with Gasteiger partial charge in [-0.15, -0.1) is 0 Å². The molecule has 2 aromatic rings. The molecule has 1 aromatic heterocycles. The largest absolute Gasteiger partial charge is 0.497 e. The lowest BCUT2D eigenvalue weighted by molar-refractivity contribution is -0.138. The van der Waals surface area contributed by atoms with E-state index in [9.17, 15) is 4.79 Å². The summed E-state index contributed by atoms with van der Waals surface area (Å²) < 4.78 is 5.41. The molecule has 3 saturated carbocycles. The van der Waals surface area contributed by atoms with Gasteiger partial charge in [-0.05, 0) is 79.9 Å². The van der Waals surface area contributed by atoms with E-state index in [2.05, 4.69) is 37.0 Å². The molecular weight excluding hydrogens is 398 g/mol. The number of likely N-dealkylation sites (N-methyl/N-ethyl adjacent to an activating group) is 1. The minimum absolute atomic E-state index is 0.112. The van der Waals surface area contributed by atoms with Crippen LogP contribution in [0.2, 0.25) is 0 Å². The molecule has 0 spiro atoms. The van der Waals surface area contributed by atoms with Crippen molar-refractivity contribution in [3.05, 3.63) is 36.2 Å². The van der Waals surface area contributed by atoms with Crippen molar-refractivity contribution in [1.29, 1.82) is 0 Å². The molecule has 170 valence electrons. The maximum absolute atomic E-state index is 12.3. The van der Waals surface area contributed by atoms with Gasteiger partial charge in [0.15, 0.2) is 0 Å². The number of ether oxygens (including phenoxy) is 1. The van der Waals surface area contributed by atoms with Gasteiger partial charge in [0.05, 0.1) is 18.1 Å². The van der Waals surface area contributed by atoms with Crippen molar-refractivity contribution in [3.63, 3.8) is 0 Å². The van der Waals surface area contributed by atoms with Crippen molar-refractivity contribution < 1.29 is 9.53 Å². The summed E-state index contributed by atoms with van der Waals surface area (Å²) >= 11 is 0. The SMILES string of the molecule is COc1ccc2nc([C@H]3CC[C@H]4C5CC[C@H]6N(C)C(=O)C=C[C@]6(C)C5CC[C@]34C)[nH]c2c1. The maximum Gasteiger partial charge on any atom is 0.246 e. The molecule has 0 bridgehead atoms. The number of carbonyl (C=O) groups is 1. The standard InChI is InChI=1S/C27H35N3O2/c1-26-13-11-19-17(6-10-23-27(19,2)14-12-24(31)30(23)3)18(26)7-8-20(26)25-28-21-9-5-16(32-4)15-22(21)29-25/h5,9,12,14-15,17-20,23H,6-8,10-11,13H2,1-4H3,(H,28,29)/t17?,18-,19?,20+,23+,26-,27+/m0/s1. The number of methoxy groups -OCH3 is 1. The van der Waals surface area contributed by atoms with Gasteiger partial charge < -0.3 is 14.6 Å². The highest BCUT2D eigenvalue weighted by atomic mass is 16.5. The number of imidazole rings is 1. The van der Waals surface area contributed by atoms with E-state index in [-0.39, 0.29) is 11.3 Å². The van der Waals surface area contributed by atoms with Crippen LogP contribution in [0.25, 0.3) is 11.0 Å². The second-order valence-corrected chi connectivity index (χ2v) is 11.3. The molecule has 3 aliphatic carbocycles. The van der Waals surface area contributed by atoms with Crippen molar-refractivity contribution >= 4 is 16.9 Å². The highest BCUT2D eigenvalue weighted by Crippen LogP contribution is 2.67. The summed E-state index contributed by atoms with van der Waals surface area (Å²) in [5.41, 5.74) is 2.52. The fourth-order valence-electron chi connectivity index (χ4n) is 8.49. The Morgan fingerprint density at radius 1 is 1.12 bits per heavy atom. The van der Waals surface area contributed by atoms with Gasteiger partial charge >= 0.3 is 0 Å². The number of nitrogens with zero attached hydrogens (tertiary/aromatic N) is 2. The van der Waals surface area contributed by atoms with Crippen LogP contribution in [0.4, 0.5) is 0 Å². The number of carbonyl (C=O) groups excluding carboxylic acids is 1. The molecule has 1 N–H and O–H groups in total. The van der Waals surface area contributed by atoms with Crippen LogP contribution in [0.15, 0.2) is 30.4 Å². The molecule has 32 heavy (non-hydrogen) atoms. The Hall–Kier alpha value is -2.30. The third kappa shape index (κ3) is 2.63. The van der Waals surface area contributed by atoms with Gasteiger partial charge in [-0.1, -0.05) is 19.9 Å².